The molecule has 0 saturated carbocycles. The van der Waals surface area contributed by atoms with Gasteiger partial charge in [0, 0.05) is 24.4 Å². The molecule has 0 amide bonds. The van der Waals surface area contributed by atoms with E-state index in [0.717, 1.165) is 17.7 Å². The fraction of sp³-hybridized carbons (Fsp3) is 0.0625. The molecule has 0 spiro atoms. The van der Waals surface area contributed by atoms with Gasteiger partial charge < -0.3 is 4.42 Å². The van der Waals surface area contributed by atoms with Crippen LogP contribution in [0.2, 0.25) is 0 Å². The summed E-state index contributed by atoms with van der Waals surface area (Å²) >= 11 is 0. The third kappa shape index (κ3) is 3.66. The molecule has 0 aliphatic rings. The van der Waals surface area contributed by atoms with Gasteiger partial charge in [0.05, 0.1) is 23.1 Å². The predicted molar refractivity (Wildman–Crippen MR) is 82.3 cm³/mol. The lowest BCUT2D eigenvalue weighted by Crippen LogP contribution is -2.23. The first-order valence-electron chi connectivity index (χ1n) is 6.87. The van der Waals surface area contributed by atoms with Crippen LogP contribution in [0.3, 0.4) is 0 Å². The van der Waals surface area contributed by atoms with Gasteiger partial charge in [0.1, 0.15) is 11.6 Å². The van der Waals surface area contributed by atoms with Gasteiger partial charge in [0.25, 0.3) is 0 Å². The van der Waals surface area contributed by atoms with Crippen LogP contribution in [0.5, 0.6) is 0 Å². The summed E-state index contributed by atoms with van der Waals surface area (Å²) in [6.07, 6.45) is 4.58. The normalized spacial score (nSPS) is 11.6. The fourth-order valence-electron chi connectivity index (χ4n) is 2.06. The lowest BCUT2D eigenvalue weighted by Gasteiger charge is -2.07. The first-order valence-corrected chi connectivity index (χ1v) is 8.36. The minimum absolute atomic E-state index is 0.0564. The van der Waals surface area contributed by atoms with Crippen LogP contribution in [-0.2, 0) is 16.6 Å². The number of hydrogen-bond donors (Lipinski definition) is 1. The lowest BCUT2D eigenvalue weighted by molar-refractivity contribution is 0.561. The standard InChI is InChI=1S/C16H12F2N2O3S/c17-13-5-14(18)7-15(6-13)24(21,22)20-9-11-1-2-16(19-8-11)12-3-4-23-10-12/h1-8,10,20H,9H2. The molecular formula is C16H12F2N2O3S. The molecule has 0 bridgehead atoms. The summed E-state index contributed by atoms with van der Waals surface area (Å²) in [6, 6.07) is 7.29. The van der Waals surface area contributed by atoms with Crippen LogP contribution in [-0.4, -0.2) is 13.4 Å². The van der Waals surface area contributed by atoms with Crippen LogP contribution in [0, 0.1) is 11.6 Å². The molecule has 1 N–H and O–H groups in total. The van der Waals surface area contributed by atoms with E-state index in [1.165, 1.54) is 12.5 Å². The van der Waals surface area contributed by atoms with Gasteiger partial charge in [-0.3, -0.25) is 4.98 Å². The molecule has 0 aliphatic carbocycles. The van der Waals surface area contributed by atoms with E-state index in [1.54, 1.807) is 24.5 Å². The van der Waals surface area contributed by atoms with E-state index in [4.69, 9.17) is 4.42 Å². The number of aromatic nitrogens is 1. The Morgan fingerprint density at radius 2 is 1.83 bits per heavy atom. The predicted octanol–water partition coefficient (Wildman–Crippen LogP) is 3.10. The average Bonchev–Trinajstić information content (AvgIpc) is 3.07. The minimum Gasteiger partial charge on any atom is -0.472 e. The van der Waals surface area contributed by atoms with E-state index in [1.807, 2.05) is 0 Å². The van der Waals surface area contributed by atoms with Crippen molar-refractivity contribution in [1.82, 2.24) is 9.71 Å². The monoisotopic (exact) mass is 350 g/mol. The van der Waals surface area contributed by atoms with Crippen LogP contribution in [0.4, 0.5) is 8.78 Å². The highest BCUT2D eigenvalue weighted by atomic mass is 32.2. The maximum Gasteiger partial charge on any atom is 0.241 e. The Balaban J connectivity index is 1.72. The smallest absolute Gasteiger partial charge is 0.241 e. The summed E-state index contributed by atoms with van der Waals surface area (Å²) in [5.74, 6) is -1.91. The maximum atomic E-state index is 13.2. The van der Waals surface area contributed by atoms with Crippen molar-refractivity contribution in [1.29, 1.82) is 0 Å². The van der Waals surface area contributed by atoms with E-state index in [-0.39, 0.29) is 6.54 Å². The molecule has 0 saturated heterocycles. The van der Waals surface area contributed by atoms with Crippen LogP contribution in [0.15, 0.2) is 64.4 Å². The van der Waals surface area contributed by atoms with Gasteiger partial charge in [-0.1, -0.05) is 6.07 Å². The summed E-state index contributed by atoms with van der Waals surface area (Å²) in [6.45, 7) is -0.0564. The minimum atomic E-state index is -4.03. The molecule has 0 radical (unpaired) electrons. The first kappa shape index (κ1) is 16.3. The fourth-order valence-corrected chi connectivity index (χ4v) is 3.11. The van der Waals surface area contributed by atoms with Crippen molar-refractivity contribution >= 4 is 10.0 Å². The van der Waals surface area contributed by atoms with Crippen molar-refractivity contribution < 1.29 is 21.6 Å². The topological polar surface area (TPSA) is 72.2 Å². The SMILES string of the molecule is O=S(=O)(NCc1ccc(-c2ccoc2)nc1)c1cc(F)cc(F)c1. The quantitative estimate of drug-likeness (QED) is 0.767. The van der Waals surface area contributed by atoms with E-state index in [9.17, 15) is 17.2 Å². The molecule has 2 heterocycles. The molecule has 8 heteroatoms. The zero-order valence-corrected chi connectivity index (χ0v) is 13.1. The molecule has 3 aromatic rings. The Hall–Kier alpha value is -2.58. The van der Waals surface area contributed by atoms with Gasteiger partial charge in [-0.25, -0.2) is 21.9 Å². The summed E-state index contributed by atoms with van der Waals surface area (Å²) < 4.78 is 57.7. The molecule has 1 aromatic carbocycles. The van der Waals surface area contributed by atoms with Crippen molar-refractivity contribution in [2.45, 2.75) is 11.4 Å². The molecule has 0 unspecified atom stereocenters. The largest absolute Gasteiger partial charge is 0.472 e. The van der Waals surface area contributed by atoms with Crippen molar-refractivity contribution in [3.63, 3.8) is 0 Å². The van der Waals surface area contributed by atoms with Crippen molar-refractivity contribution in [2.24, 2.45) is 0 Å². The number of halogens is 2. The Labute approximate surface area is 137 Å². The number of nitrogens with zero attached hydrogens (tertiary/aromatic N) is 1. The molecule has 24 heavy (non-hydrogen) atoms. The molecule has 0 aliphatic heterocycles. The maximum absolute atomic E-state index is 13.2. The highest BCUT2D eigenvalue weighted by Gasteiger charge is 2.16. The zero-order valence-electron chi connectivity index (χ0n) is 12.2. The third-order valence-corrected chi connectivity index (χ3v) is 4.64. The Kier molecular flexibility index (Phi) is 4.41. The number of benzene rings is 1. The van der Waals surface area contributed by atoms with E-state index >= 15 is 0 Å². The molecular weight excluding hydrogens is 338 g/mol. The summed E-state index contributed by atoms with van der Waals surface area (Å²) in [4.78, 5) is 3.74. The van der Waals surface area contributed by atoms with Crippen LogP contribution >= 0.6 is 0 Å². The Morgan fingerprint density at radius 1 is 1.08 bits per heavy atom. The number of sulfonamides is 1. The molecule has 124 valence electrons. The highest BCUT2D eigenvalue weighted by Crippen LogP contribution is 2.18. The van der Waals surface area contributed by atoms with Crippen LogP contribution < -0.4 is 4.72 Å². The Bertz CT molecular complexity index is 920. The van der Waals surface area contributed by atoms with Crippen molar-refractivity contribution in [2.75, 3.05) is 0 Å². The van der Waals surface area contributed by atoms with Crippen molar-refractivity contribution in [3.8, 4) is 11.3 Å². The van der Waals surface area contributed by atoms with Gasteiger partial charge in [-0.15, -0.1) is 0 Å². The van der Waals surface area contributed by atoms with Gasteiger partial charge in [0.2, 0.25) is 10.0 Å². The second-order valence-electron chi connectivity index (χ2n) is 4.99. The number of pyridine rings is 1. The lowest BCUT2D eigenvalue weighted by atomic mass is 10.2. The van der Waals surface area contributed by atoms with E-state index in [0.29, 0.717) is 17.3 Å². The zero-order chi connectivity index (χ0) is 17.2. The number of rotatable bonds is 5. The third-order valence-electron chi connectivity index (χ3n) is 3.25. The van der Waals surface area contributed by atoms with Crippen LogP contribution in [0.1, 0.15) is 5.56 Å². The first-order chi connectivity index (χ1) is 11.4. The van der Waals surface area contributed by atoms with E-state index < -0.39 is 26.6 Å². The summed E-state index contributed by atoms with van der Waals surface area (Å²) in [7, 11) is -4.03. The van der Waals surface area contributed by atoms with Gasteiger partial charge in [-0.05, 0) is 29.8 Å². The molecule has 5 nitrogen and oxygen atoms in total. The molecule has 3 rings (SSSR count). The van der Waals surface area contributed by atoms with Gasteiger partial charge in [0.15, 0.2) is 0 Å². The van der Waals surface area contributed by atoms with E-state index in [2.05, 4.69) is 9.71 Å². The van der Waals surface area contributed by atoms with Crippen molar-refractivity contribution in [3.05, 3.63) is 72.3 Å². The highest BCUT2D eigenvalue weighted by molar-refractivity contribution is 7.89. The van der Waals surface area contributed by atoms with Gasteiger partial charge in [-0.2, -0.15) is 0 Å². The summed E-state index contributed by atoms with van der Waals surface area (Å²) in [5, 5.41) is 0. The molecule has 2 aromatic heterocycles. The second kappa shape index (κ2) is 6.50. The number of nitrogens with one attached hydrogen (secondary N) is 1. The molecule has 0 atom stereocenters. The average molecular weight is 350 g/mol. The van der Waals surface area contributed by atoms with Gasteiger partial charge >= 0.3 is 0 Å². The second-order valence-corrected chi connectivity index (χ2v) is 6.76. The summed E-state index contributed by atoms with van der Waals surface area (Å²) in [5.41, 5.74) is 2.09. The van der Waals surface area contributed by atoms with Crippen LogP contribution in [0.25, 0.3) is 11.3 Å². The number of furan rings is 1. The molecule has 0 fully saturated rings. The number of hydrogen-bond acceptors (Lipinski definition) is 4. The Morgan fingerprint density at radius 3 is 2.42 bits per heavy atom.